The molecule has 0 spiro atoms. The number of thiazole rings is 2. The van der Waals surface area contributed by atoms with E-state index in [4.69, 9.17) is 0 Å². The Hall–Kier alpha value is -1.53. The molecule has 0 unspecified atom stereocenters. The molecule has 2 heterocycles. The second-order valence-electron chi connectivity index (χ2n) is 4.06. The van der Waals surface area contributed by atoms with Crippen molar-refractivity contribution in [3.63, 3.8) is 0 Å². The van der Waals surface area contributed by atoms with Crippen molar-refractivity contribution in [3.8, 4) is 0 Å². The molecule has 3 aromatic rings. The molecule has 1 aromatic carbocycles. The number of nitrogens with zero attached hydrogens (tertiary/aromatic N) is 2. The molecule has 0 aliphatic rings. The maximum absolute atomic E-state index is 13.1. The Kier molecular flexibility index (Phi) is 3.44. The molecule has 0 fully saturated rings. The van der Waals surface area contributed by atoms with Crippen LogP contribution >= 0.6 is 22.7 Å². The Balaban J connectivity index is 1.74. The van der Waals surface area contributed by atoms with Crippen molar-refractivity contribution >= 4 is 38.0 Å². The van der Waals surface area contributed by atoms with Crippen molar-refractivity contribution in [1.82, 2.24) is 9.97 Å². The maximum Gasteiger partial charge on any atom is 0.184 e. The number of aromatic nitrogens is 2. The lowest BCUT2D eigenvalue weighted by atomic mass is 10.3. The lowest BCUT2D eigenvalue weighted by molar-refractivity contribution is 0.629. The fourth-order valence-electron chi connectivity index (χ4n) is 1.72. The number of hydrogen-bond donors (Lipinski definition) is 1. The zero-order valence-electron chi connectivity index (χ0n) is 10.3. The van der Waals surface area contributed by atoms with Crippen molar-refractivity contribution in [2.24, 2.45) is 0 Å². The van der Waals surface area contributed by atoms with Gasteiger partial charge < -0.3 is 5.32 Å². The molecule has 3 nitrogen and oxygen atoms in total. The number of hydrogen-bond acceptors (Lipinski definition) is 5. The van der Waals surface area contributed by atoms with Gasteiger partial charge in [-0.15, -0.1) is 11.3 Å². The summed E-state index contributed by atoms with van der Waals surface area (Å²) in [6.45, 7) is 2.78. The van der Waals surface area contributed by atoms with E-state index in [1.165, 1.54) is 28.3 Å². The average Bonchev–Trinajstić information content (AvgIpc) is 3.01. The molecular weight excluding hydrogens is 281 g/mol. The van der Waals surface area contributed by atoms with Crippen molar-refractivity contribution in [3.05, 3.63) is 40.1 Å². The lowest BCUT2D eigenvalue weighted by Gasteiger charge is -1.97. The number of fused-ring (bicyclic) bond motifs is 1. The third-order valence-corrected chi connectivity index (χ3v) is 4.83. The fourth-order valence-corrected chi connectivity index (χ4v) is 3.36. The molecule has 2 aromatic heterocycles. The monoisotopic (exact) mass is 293 g/mol. The molecule has 0 aliphatic heterocycles. The van der Waals surface area contributed by atoms with E-state index in [2.05, 4.69) is 22.2 Å². The summed E-state index contributed by atoms with van der Waals surface area (Å²) in [4.78, 5) is 9.98. The maximum atomic E-state index is 13.1. The van der Waals surface area contributed by atoms with Gasteiger partial charge in [-0.2, -0.15) is 0 Å². The molecular formula is C13H12FN3S2. The minimum absolute atomic E-state index is 0.253. The second-order valence-corrected chi connectivity index (χ2v) is 6.29. The van der Waals surface area contributed by atoms with Crippen LogP contribution in [0.3, 0.4) is 0 Å². The lowest BCUT2D eigenvalue weighted by Crippen LogP contribution is -1.97. The number of anilines is 1. The van der Waals surface area contributed by atoms with Crippen LogP contribution in [0, 0.1) is 5.82 Å². The van der Waals surface area contributed by atoms with Gasteiger partial charge in [-0.05, 0) is 18.6 Å². The van der Waals surface area contributed by atoms with Gasteiger partial charge >= 0.3 is 0 Å². The molecule has 3 rings (SSSR count). The van der Waals surface area contributed by atoms with Crippen LogP contribution < -0.4 is 5.32 Å². The molecule has 0 atom stereocenters. The first-order chi connectivity index (χ1) is 9.24. The van der Waals surface area contributed by atoms with Gasteiger partial charge in [0, 0.05) is 17.1 Å². The van der Waals surface area contributed by atoms with E-state index in [-0.39, 0.29) is 5.82 Å². The Morgan fingerprint density at radius 1 is 1.32 bits per heavy atom. The molecule has 0 saturated carbocycles. The van der Waals surface area contributed by atoms with E-state index in [9.17, 15) is 4.39 Å². The minimum Gasteiger partial charge on any atom is -0.355 e. The van der Waals surface area contributed by atoms with Gasteiger partial charge in [0.2, 0.25) is 0 Å². The fraction of sp³-hybridized carbons (Fsp3) is 0.231. The number of rotatable bonds is 4. The molecule has 0 radical (unpaired) electrons. The Labute approximate surface area is 118 Å². The molecule has 0 amide bonds. The molecule has 1 N–H and O–H groups in total. The predicted octanol–water partition coefficient (Wildman–Crippen LogP) is 4.07. The Bertz CT molecular complexity index is 705. The quantitative estimate of drug-likeness (QED) is 0.788. The molecule has 0 saturated heterocycles. The second kappa shape index (κ2) is 5.22. The van der Waals surface area contributed by atoms with Crippen LogP contribution in [0.4, 0.5) is 9.52 Å². The van der Waals surface area contributed by atoms with Gasteiger partial charge in [0.1, 0.15) is 10.8 Å². The average molecular weight is 293 g/mol. The minimum atomic E-state index is -0.253. The van der Waals surface area contributed by atoms with Crippen molar-refractivity contribution in [2.45, 2.75) is 19.9 Å². The predicted molar refractivity (Wildman–Crippen MR) is 78.4 cm³/mol. The molecule has 0 aliphatic carbocycles. The normalized spacial score (nSPS) is 11.1. The third kappa shape index (κ3) is 2.74. The van der Waals surface area contributed by atoms with Gasteiger partial charge in [0.25, 0.3) is 0 Å². The first kappa shape index (κ1) is 12.5. The number of aryl methyl sites for hydroxylation is 1. The summed E-state index contributed by atoms with van der Waals surface area (Å²) in [5.74, 6) is -0.253. The van der Waals surface area contributed by atoms with E-state index < -0.39 is 0 Å². The van der Waals surface area contributed by atoms with Crippen LogP contribution in [0.25, 0.3) is 10.2 Å². The highest BCUT2D eigenvalue weighted by Crippen LogP contribution is 2.27. The van der Waals surface area contributed by atoms with Gasteiger partial charge in [-0.25, -0.2) is 14.4 Å². The molecule has 6 heteroatoms. The topological polar surface area (TPSA) is 37.8 Å². The molecule has 0 bridgehead atoms. The van der Waals surface area contributed by atoms with E-state index in [0.717, 1.165) is 21.3 Å². The summed E-state index contributed by atoms with van der Waals surface area (Å²) in [7, 11) is 0. The summed E-state index contributed by atoms with van der Waals surface area (Å²) in [5, 5.41) is 5.08. The highest BCUT2D eigenvalue weighted by atomic mass is 32.1. The summed E-state index contributed by atoms with van der Waals surface area (Å²) < 4.78 is 14.1. The number of benzene rings is 1. The van der Waals surface area contributed by atoms with E-state index >= 15 is 0 Å². The van der Waals surface area contributed by atoms with Crippen molar-refractivity contribution in [1.29, 1.82) is 0 Å². The standard InChI is InChI=1S/C13H12FN3S2/c1-2-9-6-15-12(18-9)7-16-13-17-10-5-8(14)3-4-11(10)19-13/h3-6H,2,7H2,1H3,(H,16,17). The van der Waals surface area contributed by atoms with Gasteiger partial charge in [-0.1, -0.05) is 18.3 Å². The van der Waals surface area contributed by atoms with E-state index in [1.807, 2.05) is 6.20 Å². The number of nitrogens with one attached hydrogen (secondary N) is 1. The summed E-state index contributed by atoms with van der Waals surface area (Å²) in [6, 6.07) is 4.67. The highest BCUT2D eigenvalue weighted by molar-refractivity contribution is 7.22. The SMILES string of the molecule is CCc1cnc(CNc2nc3cc(F)ccc3s2)s1. The zero-order chi connectivity index (χ0) is 13.2. The smallest absolute Gasteiger partial charge is 0.184 e. The Morgan fingerprint density at radius 2 is 2.21 bits per heavy atom. The number of halogens is 1. The van der Waals surface area contributed by atoms with Gasteiger partial charge in [0.05, 0.1) is 16.8 Å². The molecule has 19 heavy (non-hydrogen) atoms. The zero-order valence-corrected chi connectivity index (χ0v) is 11.9. The summed E-state index contributed by atoms with van der Waals surface area (Å²) in [6.07, 6.45) is 2.92. The van der Waals surface area contributed by atoms with Crippen LogP contribution in [0.1, 0.15) is 16.8 Å². The van der Waals surface area contributed by atoms with E-state index in [0.29, 0.717) is 12.1 Å². The van der Waals surface area contributed by atoms with Crippen LogP contribution in [0.15, 0.2) is 24.4 Å². The largest absolute Gasteiger partial charge is 0.355 e. The van der Waals surface area contributed by atoms with Crippen LogP contribution in [-0.4, -0.2) is 9.97 Å². The van der Waals surface area contributed by atoms with Crippen LogP contribution in [0.2, 0.25) is 0 Å². The first-order valence-corrected chi connectivity index (χ1v) is 7.61. The first-order valence-electron chi connectivity index (χ1n) is 5.98. The summed E-state index contributed by atoms with van der Waals surface area (Å²) >= 11 is 3.23. The molecule has 98 valence electrons. The van der Waals surface area contributed by atoms with Crippen LogP contribution in [-0.2, 0) is 13.0 Å². The van der Waals surface area contributed by atoms with Crippen molar-refractivity contribution in [2.75, 3.05) is 5.32 Å². The van der Waals surface area contributed by atoms with Gasteiger partial charge in [-0.3, -0.25) is 0 Å². The highest BCUT2D eigenvalue weighted by Gasteiger charge is 2.06. The van der Waals surface area contributed by atoms with Gasteiger partial charge in [0.15, 0.2) is 5.13 Å². The van der Waals surface area contributed by atoms with Crippen molar-refractivity contribution < 1.29 is 4.39 Å². The third-order valence-electron chi connectivity index (χ3n) is 2.69. The van der Waals surface area contributed by atoms with E-state index in [1.54, 1.807) is 17.4 Å². The summed E-state index contributed by atoms with van der Waals surface area (Å²) in [5.41, 5.74) is 0.695. The Morgan fingerprint density at radius 3 is 3.00 bits per heavy atom. The van der Waals surface area contributed by atoms with Crippen LogP contribution in [0.5, 0.6) is 0 Å².